The molecule has 0 aromatic heterocycles. The van der Waals surface area contributed by atoms with E-state index in [4.69, 9.17) is 16.3 Å². The number of benzene rings is 2. The van der Waals surface area contributed by atoms with Crippen LogP contribution in [0.3, 0.4) is 0 Å². The summed E-state index contributed by atoms with van der Waals surface area (Å²) < 4.78 is 5.17. The summed E-state index contributed by atoms with van der Waals surface area (Å²) in [5, 5.41) is 6.03. The van der Waals surface area contributed by atoms with Gasteiger partial charge in [-0.15, -0.1) is 0 Å². The second kappa shape index (κ2) is 7.15. The van der Waals surface area contributed by atoms with Crippen molar-refractivity contribution in [2.45, 2.75) is 13.8 Å². The van der Waals surface area contributed by atoms with Gasteiger partial charge in [0.15, 0.2) is 0 Å². The van der Waals surface area contributed by atoms with Crippen molar-refractivity contribution in [2.75, 3.05) is 17.7 Å². The highest BCUT2D eigenvalue weighted by Gasteiger charge is 2.13. The maximum atomic E-state index is 12.4. The van der Waals surface area contributed by atoms with Gasteiger partial charge >= 0.3 is 0 Å². The van der Waals surface area contributed by atoms with Crippen molar-refractivity contribution in [2.24, 2.45) is 0 Å². The molecule has 23 heavy (non-hydrogen) atoms. The van der Waals surface area contributed by atoms with E-state index < -0.39 is 0 Å². The van der Waals surface area contributed by atoms with Gasteiger partial charge in [-0.25, -0.2) is 0 Å². The zero-order chi connectivity index (χ0) is 17.0. The van der Waals surface area contributed by atoms with Gasteiger partial charge in [-0.2, -0.15) is 0 Å². The minimum atomic E-state index is -0.301. The third kappa shape index (κ3) is 4.02. The molecule has 2 aromatic rings. The number of hydrogen-bond donors (Lipinski definition) is 2. The summed E-state index contributed by atoms with van der Waals surface area (Å²) in [6, 6.07) is 10.1. The molecule has 120 valence electrons. The third-order valence-electron chi connectivity index (χ3n) is 3.29. The van der Waals surface area contributed by atoms with Gasteiger partial charge in [0.05, 0.1) is 12.8 Å². The van der Waals surface area contributed by atoms with E-state index in [9.17, 15) is 9.59 Å². The first-order valence-corrected chi connectivity index (χ1v) is 7.32. The highest BCUT2D eigenvalue weighted by atomic mass is 35.5. The molecule has 2 rings (SSSR count). The Bertz CT molecular complexity index is 759. The minimum Gasteiger partial charge on any atom is -0.495 e. The Labute approximate surface area is 139 Å². The highest BCUT2D eigenvalue weighted by molar-refractivity contribution is 6.31. The van der Waals surface area contributed by atoms with E-state index in [1.54, 1.807) is 36.4 Å². The fourth-order valence-electron chi connectivity index (χ4n) is 2.07. The molecule has 6 heteroatoms. The Hall–Kier alpha value is -2.53. The standard InChI is InChI=1S/C17H17ClN2O3/c1-10-13(18)5-4-6-14(10)20-17(22)12-7-8-16(23-3)15(9-12)19-11(2)21/h4-9H,1-3H3,(H,19,21)(H,20,22). The summed E-state index contributed by atoms with van der Waals surface area (Å²) >= 11 is 6.05. The molecule has 0 unspecified atom stereocenters. The molecule has 0 atom stereocenters. The number of carbonyl (C=O) groups excluding carboxylic acids is 2. The van der Waals surface area contributed by atoms with E-state index in [-0.39, 0.29) is 11.8 Å². The second-order valence-corrected chi connectivity index (χ2v) is 5.37. The summed E-state index contributed by atoms with van der Waals surface area (Å²) in [4.78, 5) is 23.7. The SMILES string of the molecule is COc1ccc(C(=O)Nc2cccc(Cl)c2C)cc1NC(C)=O. The van der Waals surface area contributed by atoms with Crippen molar-refractivity contribution in [3.05, 3.63) is 52.5 Å². The highest BCUT2D eigenvalue weighted by Crippen LogP contribution is 2.27. The molecule has 0 aliphatic carbocycles. The summed E-state index contributed by atoms with van der Waals surface area (Å²) in [5.41, 5.74) is 2.27. The van der Waals surface area contributed by atoms with Gasteiger partial charge in [0.2, 0.25) is 5.91 Å². The number of methoxy groups -OCH3 is 1. The third-order valence-corrected chi connectivity index (χ3v) is 3.70. The van der Waals surface area contributed by atoms with Gasteiger partial charge in [0.1, 0.15) is 5.75 Å². The summed E-state index contributed by atoms with van der Waals surface area (Å²) in [6.07, 6.45) is 0. The molecule has 2 aromatic carbocycles. The van der Waals surface area contributed by atoms with Crippen LogP contribution in [0, 0.1) is 6.92 Å². The molecule has 5 nitrogen and oxygen atoms in total. The van der Waals surface area contributed by atoms with Crippen LogP contribution in [0.2, 0.25) is 5.02 Å². The van der Waals surface area contributed by atoms with Crippen molar-refractivity contribution in [1.82, 2.24) is 0 Å². The smallest absolute Gasteiger partial charge is 0.255 e. The molecule has 0 aliphatic heterocycles. The molecular weight excluding hydrogens is 316 g/mol. The summed E-state index contributed by atoms with van der Waals surface area (Å²) in [5.74, 6) is -0.0631. The average Bonchev–Trinajstić information content (AvgIpc) is 2.51. The lowest BCUT2D eigenvalue weighted by molar-refractivity contribution is -0.114. The maximum Gasteiger partial charge on any atom is 0.255 e. The molecule has 0 saturated heterocycles. The molecule has 0 radical (unpaired) electrons. The number of ether oxygens (including phenoxy) is 1. The van der Waals surface area contributed by atoms with Gasteiger partial charge in [-0.3, -0.25) is 9.59 Å². The molecule has 2 amide bonds. The minimum absolute atomic E-state index is 0.244. The van der Waals surface area contributed by atoms with Crippen LogP contribution in [-0.4, -0.2) is 18.9 Å². The number of rotatable bonds is 4. The van der Waals surface area contributed by atoms with Crippen molar-refractivity contribution in [3.8, 4) is 5.75 Å². The van der Waals surface area contributed by atoms with Crippen LogP contribution in [0.5, 0.6) is 5.75 Å². The van der Waals surface area contributed by atoms with Crippen molar-refractivity contribution >= 4 is 34.8 Å². The van der Waals surface area contributed by atoms with Crippen molar-refractivity contribution in [1.29, 1.82) is 0 Å². The lowest BCUT2D eigenvalue weighted by Crippen LogP contribution is -2.14. The normalized spacial score (nSPS) is 10.1. The first-order valence-electron chi connectivity index (χ1n) is 6.94. The quantitative estimate of drug-likeness (QED) is 0.893. The summed E-state index contributed by atoms with van der Waals surface area (Å²) in [6.45, 7) is 3.22. The Morgan fingerprint density at radius 3 is 2.48 bits per heavy atom. The van der Waals surface area contributed by atoms with E-state index in [1.807, 2.05) is 6.92 Å². The molecule has 0 aliphatic rings. The monoisotopic (exact) mass is 332 g/mol. The Balaban J connectivity index is 2.28. The van der Waals surface area contributed by atoms with E-state index in [2.05, 4.69) is 10.6 Å². The van der Waals surface area contributed by atoms with Crippen molar-refractivity contribution < 1.29 is 14.3 Å². The molecule has 0 saturated carbocycles. The second-order valence-electron chi connectivity index (χ2n) is 4.96. The maximum absolute atomic E-state index is 12.4. The van der Waals surface area contributed by atoms with Crippen LogP contribution in [0.1, 0.15) is 22.8 Å². The number of nitrogens with one attached hydrogen (secondary N) is 2. The van der Waals surface area contributed by atoms with Crippen LogP contribution in [0.4, 0.5) is 11.4 Å². The van der Waals surface area contributed by atoms with Crippen LogP contribution in [0.25, 0.3) is 0 Å². The number of hydrogen-bond acceptors (Lipinski definition) is 3. The van der Waals surface area contributed by atoms with Gasteiger partial charge in [0.25, 0.3) is 5.91 Å². The fraction of sp³-hybridized carbons (Fsp3) is 0.176. The molecule has 0 heterocycles. The number of anilines is 2. The van der Waals surface area contributed by atoms with Crippen LogP contribution in [0.15, 0.2) is 36.4 Å². The fourth-order valence-corrected chi connectivity index (χ4v) is 2.25. The zero-order valence-corrected chi connectivity index (χ0v) is 13.8. The van der Waals surface area contributed by atoms with Gasteiger partial charge in [-0.1, -0.05) is 17.7 Å². The van der Waals surface area contributed by atoms with E-state index in [1.165, 1.54) is 14.0 Å². The predicted molar refractivity (Wildman–Crippen MR) is 91.4 cm³/mol. The lowest BCUT2D eigenvalue weighted by Gasteiger charge is -2.12. The zero-order valence-electron chi connectivity index (χ0n) is 13.1. The number of carbonyl (C=O) groups is 2. The first-order chi connectivity index (χ1) is 10.9. The number of halogens is 1. The Morgan fingerprint density at radius 2 is 1.83 bits per heavy atom. The number of amides is 2. The van der Waals surface area contributed by atoms with E-state index in [0.29, 0.717) is 27.7 Å². The molecule has 2 N–H and O–H groups in total. The molecular formula is C17H17ClN2O3. The summed E-state index contributed by atoms with van der Waals surface area (Å²) in [7, 11) is 1.50. The van der Waals surface area contributed by atoms with Crippen LogP contribution < -0.4 is 15.4 Å². The molecule has 0 fully saturated rings. The molecule has 0 bridgehead atoms. The van der Waals surface area contributed by atoms with Gasteiger partial charge in [0, 0.05) is 23.2 Å². The Morgan fingerprint density at radius 1 is 1.09 bits per heavy atom. The Kier molecular flexibility index (Phi) is 5.24. The van der Waals surface area contributed by atoms with Gasteiger partial charge < -0.3 is 15.4 Å². The molecule has 0 spiro atoms. The van der Waals surface area contributed by atoms with Crippen LogP contribution >= 0.6 is 11.6 Å². The van der Waals surface area contributed by atoms with E-state index >= 15 is 0 Å². The largest absolute Gasteiger partial charge is 0.495 e. The van der Waals surface area contributed by atoms with Gasteiger partial charge in [-0.05, 0) is 42.8 Å². The first kappa shape index (κ1) is 16.8. The predicted octanol–water partition coefficient (Wildman–Crippen LogP) is 3.87. The average molecular weight is 333 g/mol. The van der Waals surface area contributed by atoms with Crippen LogP contribution in [-0.2, 0) is 4.79 Å². The van der Waals surface area contributed by atoms with Crippen molar-refractivity contribution in [3.63, 3.8) is 0 Å². The van der Waals surface area contributed by atoms with E-state index in [0.717, 1.165) is 5.56 Å². The topological polar surface area (TPSA) is 67.4 Å². The lowest BCUT2D eigenvalue weighted by atomic mass is 10.1.